The van der Waals surface area contributed by atoms with Crippen molar-refractivity contribution in [2.45, 2.75) is 0 Å². The van der Waals surface area contributed by atoms with Crippen LogP contribution in [-0.2, 0) is 39.0 Å². The third kappa shape index (κ3) is 10.4. The van der Waals surface area contributed by atoms with Gasteiger partial charge in [0.15, 0.2) is 0 Å². The van der Waals surface area contributed by atoms with Gasteiger partial charge in [-0.25, -0.2) is 4.57 Å². The van der Waals surface area contributed by atoms with E-state index >= 15 is 0 Å². The SMILES string of the molecule is COP(=O)(OC)OC=C(Cl)Cl.COP(=S)(OC)Oc1cc(Cl)c(Cl)cc1Cl. The minimum atomic E-state index is -3.48. The Morgan fingerprint density at radius 2 is 1.41 bits per heavy atom. The number of halogens is 5. The van der Waals surface area contributed by atoms with Crippen LogP contribution in [-0.4, -0.2) is 28.4 Å². The number of benzene rings is 1. The standard InChI is InChI=1S/C8H8Cl3O3PS.C4H7Cl2O4P/c1-12-15(16,13-2)14-8-4-6(10)5(9)3-7(8)11;1-8-11(7,9-2)10-3-4(5)6/h3-4H,1-2H3;3H,1-2H3. The van der Waals surface area contributed by atoms with E-state index in [4.69, 9.17) is 83.4 Å². The summed E-state index contributed by atoms with van der Waals surface area (Å²) in [5.74, 6) is 0.281. The molecule has 27 heavy (non-hydrogen) atoms. The van der Waals surface area contributed by atoms with Crippen molar-refractivity contribution in [2.75, 3.05) is 28.4 Å². The summed E-state index contributed by atoms with van der Waals surface area (Å²) in [6, 6.07) is 2.93. The van der Waals surface area contributed by atoms with Crippen LogP contribution in [0.15, 0.2) is 22.9 Å². The number of phosphoric acid groups is 1. The Bertz CT molecular complexity index is 729. The lowest BCUT2D eigenvalue weighted by Crippen LogP contribution is -1.97. The molecule has 0 bridgehead atoms. The highest BCUT2D eigenvalue weighted by Gasteiger charge is 2.22. The van der Waals surface area contributed by atoms with Gasteiger partial charge in [-0.3, -0.25) is 9.05 Å². The summed E-state index contributed by atoms with van der Waals surface area (Å²) in [6.07, 6.45) is 0.872. The molecule has 0 radical (unpaired) electrons. The highest BCUT2D eigenvalue weighted by Crippen LogP contribution is 2.50. The molecule has 0 fully saturated rings. The molecular weight excluding hydrogens is 527 g/mol. The van der Waals surface area contributed by atoms with Gasteiger partial charge in [0.2, 0.25) is 0 Å². The number of hydrogen-bond acceptors (Lipinski definition) is 8. The van der Waals surface area contributed by atoms with Gasteiger partial charge in [0.1, 0.15) is 16.5 Å². The largest absolute Gasteiger partial charge is 0.529 e. The van der Waals surface area contributed by atoms with Gasteiger partial charge < -0.3 is 18.1 Å². The van der Waals surface area contributed by atoms with E-state index in [0.717, 1.165) is 6.26 Å². The molecule has 0 aromatic heterocycles. The predicted octanol–water partition coefficient (Wildman–Crippen LogP) is 7.22. The van der Waals surface area contributed by atoms with Gasteiger partial charge >= 0.3 is 14.5 Å². The second-order valence-electron chi connectivity index (χ2n) is 3.93. The van der Waals surface area contributed by atoms with E-state index in [1.165, 1.54) is 40.6 Å². The molecular formula is C12H15Cl5O7P2S. The van der Waals surface area contributed by atoms with Crippen LogP contribution >= 0.6 is 72.5 Å². The molecule has 0 amide bonds. The van der Waals surface area contributed by atoms with E-state index in [0.29, 0.717) is 10.0 Å². The molecule has 0 unspecified atom stereocenters. The fourth-order valence-electron chi connectivity index (χ4n) is 1.11. The average Bonchev–Trinajstić information content (AvgIpc) is 2.64. The first-order chi connectivity index (χ1) is 12.5. The molecule has 0 aliphatic rings. The molecule has 0 aliphatic carbocycles. The maximum absolute atomic E-state index is 11.0. The van der Waals surface area contributed by atoms with Crippen molar-refractivity contribution in [2.24, 2.45) is 0 Å². The lowest BCUT2D eigenvalue weighted by atomic mass is 10.3. The van der Waals surface area contributed by atoms with Crippen LogP contribution in [0.25, 0.3) is 0 Å². The monoisotopic (exact) mass is 540 g/mol. The fourth-order valence-corrected chi connectivity index (χ4v) is 3.44. The molecule has 7 nitrogen and oxygen atoms in total. The van der Waals surface area contributed by atoms with Crippen LogP contribution in [0.4, 0.5) is 0 Å². The van der Waals surface area contributed by atoms with E-state index in [1.807, 2.05) is 0 Å². The Morgan fingerprint density at radius 1 is 0.926 bits per heavy atom. The predicted molar refractivity (Wildman–Crippen MR) is 113 cm³/mol. The van der Waals surface area contributed by atoms with Gasteiger partial charge in [-0.1, -0.05) is 58.0 Å². The van der Waals surface area contributed by atoms with Gasteiger partial charge in [0.25, 0.3) is 0 Å². The Kier molecular flexibility index (Phi) is 13.5. The van der Waals surface area contributed by atoms with Crippen molar-refractivity contribution in [3.8, 4) is 5.75 Å². The second kappa shape index (κ2) is 13.1. The maximum atomic E-state index is 11.0. The quantitative estimate of drug-likeness (QED) is 0.194. The maximum Gasteiger partial charge on any atom is 0.529 e. The Balaban J connectivity index is 0.000000541. The summed E-state index contributed by atoms with van der Waals surface area (Å²) in [6.45, 7) is -2.82. The topological polar surface area (TPSA) is 72.5 Å². The van der Waals surface area contributed by atoms with Crippen LogP contribution in [0.1, 0.15) is 0 Å². The molecule has 1 rings (SSSR count). The third-order valence-corrected chi connectivity index (χ3v) is 7.24. The Morgan fingerprint density at radius 3 is 1.81 bits per heavy atom. The molecule has 0 saturated heterocycles. The first-order valence-corrected chi connectivity index (χ1v) is 12.3. The lowest BCUT2D eigenvalue weighted by Gasteiger charge is -2.19. The molecule has 0 N–H and O–H groups in total. The number of rotatable bonds is 8. The van der Waals surface area contributed by atoms with Crippen molar-refractivity contribution in [3.63, 3.8) is 0 Å². The molecule has 0 spiro atoms. The molecule has 0 atom stereocenters. The Hall–Kier alpha value is 0.730. The van der Waals surface area contributed by atoms with Gasteiger partial charge in [-0.15, -0.1) is 0 Å². The summed E-state index contributed by atoms with van der Waals surface area (Å²) in [7, 11) is 1.68. The number of hydrogen-bond donors (Lipinski definition) is 0. The van der Waals surface area contributed by atoms with Gasteiger partial charge in [-0.2, -0.15) is 0 Å². The minimum Gasteiger partial charge on any atom is -0.422 e. The fraction of sp³-hybridized carbons (Fsp3) is 0.333. The van der Waals surface area contributed by atoms with E-state index in [2.05, 4.69) is 13.6 Å². The average molecular weight is 543 g/mol. The van der Waals surface area contributed by atoms with Crippen LogP contribution < -0.4 is 4.52 Å². The zero-order valence-electron chi connectivity index (χ0n) is 14.3. The van der Waals surface area contributed by atoms with Crippen LogP contribution in [0.5, 0.6) is 5.75 Å². The summed E-state index contributed by atoms with van der Waals surface area (Å²) < 4.78 is 39.4. The van der Waals surface area contributed by atoms with Gasteiger partial charge in [0, 0.05) is 46.3 Å². The smallest absolute Gasteiger partial charge is 0.422 e. The van der Waals surface area contributed by atoms with Gasteiger partial charge in [-0.05, 0) is 6.07 Å². The van der Waals surface area contributed by atoms with Gasteiger partial charge in [0.05, 0.1) is 15.1 Å². The van der Waals surface area contributed by atoms with E-state index in [1.54, 1.807) is 0 Å². The summed E-state index contributed by atoms with van der Waals surface area (Å²) in [5.41, 5.74) is 0. The molecule has 0 saturated carbocycles. The van der Waals surface area contributed by atoms with Crippen LogP contribution in [0, 0.1) is 0 Å². The molecule has 1 aromatic carbocycles. The molecule has 1 aromatic rings. The van der Waals surface area contributed by atoms with E-state index in [-0.39, 0.29) is 15.3 Å². The zero-order chi connectivity index (χ0) is 21.3. The van der Waals surface area contributed by atoms with E-state index in [9.17, 15) is 4.57 Å². The summed E-state index contributed by atoms with van der Waals surface area (Å²) >= 11 is 32.9. The summed E-state index contributed by atoms with van der Waals surface area (Å²) in [4.78, 5) is 0. The normalized spacial score (nSPS) is 11.3. The highest BCUT2D eigenvalue weighted by atomic mass is 35.5. The van der Waals surface area contributed by atoms with Crippen LogP contribution in [0.2, 0.25) is 15.1 Å². The lowest BCUT2D eigenvalue weighted by molar-refractivity contribution is 0.194. The van der Waals surface area contributed by atoms with Crippen molar-refractivity contribution >= 4 is 84.4 Å². The molecule has 0 heterocycles. The van der Waals surface area contributed by atoms with Crippen LogP contribution in [0.3, 0.4) is 0 Å². The summed E-state index contributed by atoms with van der Waals surface area (Å²) in [5, 5.41) is 0.940. The third-order valence-electron chi connectivity index (χ3n) is 2.35. The van der Waals surface area contributed by atoms with Crippen molar-refractivity contribution in [1.82, 2.24) is 0 Å². The molecule has 0 aliphatic heterocycles. The first kappa shape index (κ1) is 27.7. The molecule has 15 heteroatoms. The highest BCUT2D eigenvalue weighted by molar-refractivity contribution is 8.07. The van der Waals surface area contributed by atoms with Crippen molar-refractivity contribution in [1.29, 1.82) is 0 Å². The Labute approximate surface area is 187 Å². The first-order valence-electron chi connectivity index (χ1n) is 6.42. The van der Waals surface area contributed by atoms with E-state index < -0.39 is 14.5 Å². The molecule has 156 valence electrons. The van der Waals surface area contributed by atoms with Crippen molar-refractivity contribution < 1.29 is 31.7 Å². The second-order valence-corrected chi connectivity index (χ2v) is 11.1. The number of phosphoric ester groups is 1. The zero-order valence-corrected chi connectivity index (χ0v) is 20.7. The van der Waals surface area contributed by atoms with Crippen molar-refractivity contribution in [3.05, 3.63) is 38.0 Å². The minimum absolute atomic E-state index is 0.167.